The van der Waals surface area contributed by atoms with Crippen molar-refractivity contribution in [1.29, 1.82) is 0 Å². The van der Waals surface area contributed by atoms with Gasteiger partial charge in [0.1, 0.15) is 23.9 Å². The molecule has 0 aliphatic heterocycles. The first-order valence-corrected chi connectivity index (χ1v) is 10.9. The van der Waals surface area contributed by atoms with Gasteiger partial charge in [-0.25, -0.2) is 4.98 Å². The third kappa shape index (κ3) is 5.23. The molecule has 0 saturated heterocycles. The molecule has 0 spiro atoms. The van der Waals surface area contributed by atoms with Crippen molar-refractivity contribution in [2.75, 3.05) is 13.7 Å². The Balaban J connectivity index is 1.47. The van der Waals surface area contributed by atoms with Gasteiger partial charge in [-0.05, 0) is 54.4 Å². The van der Waals surface area contributed by atoms with Crippen molar-refractivity contribution in [3.63, 3.8) is 0 Å². The molecule has 6 heteroatoms. The van der Waals surface area contributed by atoms with E-state index in [9.17, 15) is 4.79 Å². The number of imidazole rings is 1. The first-order chi connectivity index (χ1) is 16.2. The number of nitrogens with zero attached hydrogens (tertiary/aromatic N) is 2. The zero-order valence-electron chi connectivity index (χ0n) is 18.7. The van der Waals surface area contributed by atoms with E-state index in [-0.39, 0.29) is 5.91 Å². The zero-order valence-corrected chi connectivity index (χ0v) is 18.7. The predicted molar refractivity (Wildman–Crippen MR) is 130 cm³/mol. The summed E-state index contributed by atoms with van der Waals surface area (Å²) in [6, 6.07) is 23.0. The Morgan fingerprint density at radius 1 is 1.06 bits per heavy atom. The number of methoxy groups -OCH3 is 1. The highest BCUT2D eigenvalue weighted by Gasteiger charge is 2.13. The van der Waals surface area contributed by atoms with E-state index in [1.54, 1.807) is 31.4 Å². The van der Waals surface area contributed by atoms with E-state index >= 15 is 0 Å². The lowest BCUT2D eigenvalue weighted by molar-refractivity contribution is 0.0949. The lowest BCUT2D eigenvalue weighted by Crippen LogP contribution is -2.25. The number of rotatable bonds is 10. The molecular formula is C27H27N3O3. The van der Waals surface area contributed by atoms with Crippen LogP contribution in [0.3, 0.4) is 0 Å². The van der Waals surface area contributed by atoms with Crippen molar-refractivity contribution in [2.24, 2.45) is 0 Å². The number of carbonyl (C=O) groups excluding carboxylic acids is 1. The molecular weight excluding hydrogens is 414 g/mol. The summed E-state index contributed by atoms with van der Waals surface area (Å²) in [5, 5.41) is 2.97. The number of allylic oxidation sites excluding steroid dienone is 1. The van der Waals surface area contributed by atoms with Gasteiger partial charge in [0.15, 0.2) is 0 Å². The van der Waals surface area contributed by atoms with Crippen molar-refractivity contribution in [3.05, 3.63) is 102 Å². The molecule has 0 saturated carbocycles. The van der Waals surface area contributed by atoms with Crippen LogP contribution >= 0.6 is 0 Å². The average Bonchev–Trinajstić information content (AvgIpc) is 3.21. The Morgan fingerprint density at radius 3 is 2.61 bits per heavy atom. The van der Waals surface area contributed by atoms with E-state index in [4.69, 9.17) is 14.5 Å². The molecule has 0 aliphatic rings. The molecule has 1 N–H and O–H groups in total. The summed E-state index contributed by atoms with van der Waals surface area (Å²) in [5.74, 6) is 2.19. The van der Waals surface area contributed by atoms with Gasteiger partial charge in [-0.3, -0.25) is 4.79 Å². The normalized spacial score (nSPS) is 10.7. The molecule has 6 nitrogen and oxygen atoms in total. The van der Waals surface area contributed by atoms with Crippen molar-refractivity contribution in [3.8, 4) is 11.5 Å². The number of carbonyl (C=O) groups is 1. The molecule has 0 radical (unpaired) electrons. The second-order valence-electron chi connectivity index (χ2n) is 7.53. The summed E-state index contributed by atoms with van der Waals surface area (Å²) in [4.78, 5) is 17.4. The van der Waals surface area contributed by atoms with Crippen LogP contribution in [0.25, 0.3) is 11.0 Å². The van der Waals surface area contributed by atoms with Gasteiger partial charge in [0.05, 0.1) is 31.2 Å². The monoisotopic (exact) mass is 441 g/mol. The van der Waals surface area contributed by atoms with Crippen molar-refractivity contribution < 1.29 is 14.3 Å². The number of fused-ring (bicyclic) bond motifs is 1. The summed E-state index contributed by atoms with van der Waals surface area (Å²) in [6.45, 7) is 5.22. The molecule has 4 rings (SSSR count). The van der Waals surface area contributed by atoms with Gasteiger partial charge in [-0.1, -0.05) is 36.4 Å². The fourth-order valence-corrected chi connectivity index (χ4v) is 3.73. The first kappa shape index (κ1) is 22.1. The highest BCUT2D eigenvalue weighted by atomic mass is 16.5. The van der Waals surface area contributed by atoms with Crippen LogP contribution in [0.5, 0.6) is 11.5 Å². The van der Waals surface area contributed by atoms with Crippen LogP contribution < -0.4 is 14.8 Å². The second-order valence-corrected chi connectivity index (χ2v) is 7.53. The minimum Gasteiger partial charge on any atom is -0.497 e. The van der Waals surface area contributed by atoms with Gasteiger partial charge in [-0.15, -0.1) is 6.58 Å². The molecule has 0 bridgehead atoms. The van der Waals surface area contributed by atoms with Crippen LogP contribution in [0.15, 0.2) is 85.5 Å². The number of ether oxygens (including phenoxy) is 2. The van der Waals surface area contributed by atoms with Crippen LogP contribution in [-0.2, 0) is 19.5 Å². The SMILES string of the molecule is C=CCc1ccccc1OCCn1c(CNC(=O)c2ccc(OC)cc2)nc2ccccc21. The summed E-state index contributed by atoms with van der Waals surface area (Å²) in [7, 11) is 1.60. The van der Waals surface area contributed by atoms with Gasteiger partial charge < -0.3 is 19.4 Å². The van der Waals surface area contributed by atoms with Crippen LogP contribution in [0.4, 0.5) is 0 Å². The van der Waals surface area contributed by atoms with E-state index in [0.29, 0.717) is 31.0 Å². The Hall–Kier alpha value is -4.06. The largest absolute Gasteiger partial charge is 0.497 e. The number of para-hydroxylation sites is 3. The molecule has 3 aromatic carbocycles. The summed E-state index contributed by atoms with van der Waals surface area (Å²) >= 11 is 0. The van der Waals surface area contributed by atoms with Gasteiger partial charge >= 0.3 is 0 Å². The lowest BCUT2D eigenvalue weighted by Gasteiger charge is -2.13. The number of aromatic nitrogens is 2. The smallest absolute Gasteiger partial charge is 0.251 e. The molecule has 0 atom stereocenters. The fraction of sp³-hybridized carbons (Fsp3) is 0.185. The molecule has 0 aliphatic carbocycles. The van der Waals surface area contributed by atoms with Crippen LogP contribution in [-0.4, -0.2) is 29.2 Å². The number of hydrogen-bond donors (Lipinski definition) is 1. The molecule has 168 valence electrons. The van der Waals surface area contributed by atoms with E-state index in [1.807, 2.05) is 54.6 Å². The molecule has 4 aromatic rings. The second kappa shape index (κ2) is 10.5. The maximum atomic E-state index is 12.6. The molecule has 1 aromatic heterocycles. The third-order valence-corrected chi connectivity index (χ3v) is 5.40. The van der Waals surface area contributed by atoms with Gasteiger partial charge in [0.2, 0.25) is 0 Å². The van der Waals surface area contributed by atoms with Crippen molar-refractivity contribution >= 4 is 16.9 Å². The number of hydrogen-bond acceptors (Lipinski definition) is 4. The quantitative estimate of drug-likeness (QED) is 0.360. The van der Waals surface area contributed by atoms with Gasteiger partial charge in [0.25, 0.3) is 5.91 Å². The lowest BCUT2D eigenvalue weighted by atomic mass is 10.1. The number of benzene rings is 3. The van der Waals surface area contributed by atoms with E-state index in [1.165, 1.54) is 0 Å². The van der Waals surface area contributed by atoms with Crippen LogP contribution in [0, 0.1) is 0 Å². The van der Waals surface area contributed by atoms with Crippen molar-refractivity contribution in [1.82, 2.24) is 14.9 Å². The molecule has 0 unspecified atom stereocenters. The highest BCUT2D eigenvalue weighted by molar-refractivity contribution is 5.94. The van der Waals surface area contributed by atoms with E-state index < -0.39 is 0 Å². The Kier molecular flexibility index (Phi) is 7.05. The summed E-state index contributed by atoms with van der Waals surface area (Å²) in [5.41, 5.74) is 3.57. The molecule has 1 heterocycles. The fourth-order valence-electron chi connectivity index (χ4n) is 3.73. The number of nitrogens with one attached hydrogen (secondary N) is 1. The standard InChI is InChI=1S/C27H27N3O3/c1-3-8-20-9-4-7-12-25(20)33-18-17-30-24-11-6-5-10-23(24)29-26(30)19-28-27(31)21-13-15-22(32-2)16-14-21/h3-7,9-16H,1,8,17-19H2,2H3,(H,28,31). The number of amides is 1. The predicted octanol–water partition coefficient (Wildman–Crippen LogP) is 4.78. The summed E-state index contributed by atoms with van der Waals surface area (Å²) in [6.07, 6.45) is 2.63. The van der Waals surface area contributed by atoms with Gasteiger partial charge in [-0.2, -0.15) is 0 Å². The van der Waals surface area contributed by atoms with E-state index in [0.717, 1.165) is 34.6 Å². The Labute approximate surface area is 193 Å². The average molecular weight is 442 g/mol. The van der Waals surface area contributed by atoms with Crippen LogP contribution in [0.1, 0.15) is 21.7 Å². The highest BCUT2D eigenvalue weighted by Crippen LogP contribution is 2.20. The molecule has 0 fully saturated rings. The topological polar surface area (TPSA) is 65.4 Å². The Morgan fingerprint density at radius 2 is 1.82 bits per heavy atom. The van der Waals surface area contributed by atoms with Gasteiger partial charge in [0, 0.05) is 5.56 Å². The van der Waals surface area contributed by atoms with E-state index in [2.05, 4.69) is 16.5 Å². The molecule has 33 heavy (non-hydrogen) atoms. The Bertz CT molecular complexity index is 1250. The molecule has 1 amide bonds. The third-order valence-electron chi connectivity index (χ3n) is 5.40. The minimum atomic E-state index is -0.161. The first-order valence-electron chi connectivity index (χ1n) is 10.9. The maximum absolute atomic E-state index is 12.6. The maximum Gasteiger partial charge on any atom is 0.251 e. The van der Waals surface area contributed by atoms with Crippen LogP contribution in [0.2, 0.25) is 0 Å². The minimum absolute atomic E-state index is 0.161. The zero-order chi connectivity index (χ0) is 23.0. The summed E-state index contributed by atoms with van der Waals surface area (Å²) < 4.78 is 13.3. The van der Waals surface area contributed by atoms with Crippen molar-refractivity contribution in [2.45, 2.75) is 19.5 Å².